The van der Waals surface area contributed by atoms with Crippen molar-refractivity contribution in [3.05, 3.63) is 12.2 Å². The van der Waals surface area contributed by atoms with Crippen molar-refractivity contribution in [2.45, 2.75) is 88.0 Å². The molecule has 0 saturated carbocycles. The van der Waals surface area contributed by atoms with E-state index in [2.05, 4.69) is 74.5 Å². The summed E-state index contributed by atoms with van der Waals surface area (Å²) in [5.74, 6) is 0. The molecule has 0 aromatic carbocycles. The predicted molar refractivity (Wildman–Crippen MR) is 95.5 cm³/mol. The Bertz CT molecular complexity index is 326. The highest BCUT2D eigenvalue weighted by Gasteiger charge is 2.28. The van der Waals surface area contributed by atoms with Crippen LogP contribution in [0.15, 0.2) is 12.2 Å². The first-order chi connectivity index (χ1) is 9.18. The minimum absolute atomic E-state index is 0.0265. The first kappa shape index (κ1) is 20.7. The lowest BCUT2D eigenvalue weighted by Gasteiger charge is -2.34. The molecule has 0 atom stereocenters. The fourth-order valence-corrected chi connectivity index (χ4v) is 3.74. The van der Waals surface area contributed by atoms with E-state index in [9.17, 15) is 5.11 Å². The van der Waals surface area contributed by atoms with E-state index in [1.807, 2.05) is 0 Å². The Hall–Kier alpha value is -0.300. The molecule has 0 rings (SSSR count). The summed E-state index contributed by atoms with van der Waals surface area (Å²) in [6.07, 6.45) is 9.33. The summed E-state index contributed by atoms with van der Waals surface area (Å²) in [5.41, 5.74) is 0.953. The van der Waals surface area contributed by atoms with Gasteiger partial charge in [-0.15, -0.1) is 0 Å². The normalized spacial score (nSPS) is 15.0. The molecule has 1 heteroatoms. The third-order valence-electron chi connectivity index (χ3n) is 3.93. The minimum atomic E-state index is 0.0265. The van der Waals surface area contributed by atoms with Gasteiger partial charge in [-0.05, 0) is 47.3 Å². The molecule has 0 heterocycles. The smallest absolute Gasteiger partial charge is 0.0482 e. The maximum absolute atomic E-state index is 9.43. The average Bonchev–Trinajstić information content (AvgIpc) is 2.20. The van der Waals surface area contributed by atoms with Gasteiger partial charge in [-0.25, -0.2) is 0 Å². The van der Waals surface area contributed by atoms with E-state index < -0.39 is 0 Å². The van der Waals surface area contributed by atoms with Crippen LogP contribution in [0.4, 0.5) is 0 Å². The van der Waals surface area contributed by atoms with Crippen LogP contribution in [0.5, 0.6) is 0 Å². The fourth-order valence-electron chi connectivity index (χ4n) is 3.74. The lowest BCUT2D eigenvalue weighted by Crippen LogP contribution is -2.26. The van der Waals surface area contributed by atoms with Gasteiger partial charge in [0.15, 0.2) is 0 Å². The summed E-state index contributed by atoms with van der Waals surface area (Å²) in [4.78, 5) is 0. The maximum atomic E-state index is 9.43. The molecule has 21 heavy (non-hydrogen) atoms. The third kappa shape index (κ3) is 11.0. The van der Waals surface area contributed by atoms with Gasteiger partial charge in [-0.2, -0.15) is 0 Å². The van der Waals surface area contributed by atoms with Crippen LogP contribution in [0.2, 0.25) is 0 Å². The Morgan fingerprint density at radius 3 is 1.71 bits per heavy atom. The number of aliphatic hydroxyl groups excluding tert-OH is 1. The summed E-state index contributed by atoms with van der Waals surface area (Å²) in [6, 6.07) is 0. The zero-order valence-corrected chi connectivity index (χ0v) is 16.1. The van der Waals surface area contributed by atoms with Crippen molar-refractivity contribution < 1.29 is 5.11 Å². The summed E-state index contributed by atoms with van der Waals surface area (Å²) < 4.78 is 0. The van der Waals surface area contributed by atoms with Crippen LogP contribution in [0, 0.1) is 21.7 Å². The van der Waals surface area contributed by atoms with Gasteiger partial charge in [0, 0.05) is 6.61 Å². The van der Waals surface area contributed by atoms with Crippen molar-refractivity contribution >= 4 is 0 Å². The number of aliphatic hydroxyl groups is 1. The van der Waals surface area contributed by atoms with E-state index in [4.69, 9.17) is 0 Å². The van der Waals surface area contributed by atoms with E-state index in [0.717, 1.165) is 12.8 Å². The van der Waals surface area contributed by atoms with E-state index in [-0.39, 0.29) is 22.9 Å². The molecule has 0 aliphatic rings. The molecule has 0 saturated heterocycles. The molecule has 0 aromatic heterocycles. The minimum Gasteiger partial charge on any atom is -0.396 e. The number of hydrogen-bond donors (Lipinski definition) is 1. The van der Waals surface area contributed by atoms with E-state index in [1.165, 1.54) is 12.8 Å². The largest absolute Gasteiger partial charge is 0.396 e. The Balaban J connectivity index is 4.38. The van der Waals surface area contributed by atoms with Crippen LogP contribution in [-0.4, -0.2) is 11.7 Å². The quantitative estimate of drug-likeness (QED) is 0.527. The van der Waals surface area contributed by atoms with Crippen molar-refractivity contribution in [2.24, 2.45) is 21.7 Å². The molecule has 0 bridgehead atoms. The van der Waals surface area contributed by atoms with Gasteiger partial charge in [0.1, 0.15) is 0 Å². The van der Waals surface area contributed by atoms with Gasteiger partial charge in [-0.1, -0.05) is 74.5 Å². The zero-order chi connectivity index (χ0) is 16.9. The van der Waals surface area contributed by atoms with E-state index in [0.29, 0.717) is 5.41 Å². The van der Waals surface area contributed by atoms with Crippen LogP contribution in [0.25, 0.3) is 0 Å². The van der Waals surface area contributed by atoms with Crippen molar-refractivity contribution in [1.29, 1.82) is 0 Å². The second-order valence-electron chi connectivity index (χ2n) is 10.3. The maximum Gasteiger partial charge on any atom is 0.0482 e. The molecule has 0 radical (unpaired) electrons. The standard InChI is InChI=1S/C20H40O/c1-17(2,3)14-18(4,5)12-10-11-13-19(6,7)15-20(8,9)16-21/h10,12,21H,11,13-16H2,1-9H3. The summed E-state index contributed by atoms with van der Waals surface area (Å²) in [5, 5.41) is 9.43. The van der Waals surface area contributed by atoms with Crippen molar-refractivity contribution in [2.75, 3.05) is 6.61 Å². The Kier molecular flexibility index (Phi) is 7.20. The first-order valence-corrected chi connectivity index (χ1v) is 8.47. The number of allylic oxidation sites excluding steroid dienone is 2. The second-order valence-corrected chi connectivity index (χ2v) is 10.3. The van der Waals surface area contributed by atoms with Gasteiger partial charge >= 0.3 is 0 Å². The van der Waals surface area contributed by atoms with Crippen molar-refractivity contribution in [3.8, 4) is 0 Å². The number of hydrogen-bond acceptors (Lipinski definition) is 1. The molecule has 0 unspecified atom stereocenters. The Morgan fingerprint density at radius 2 is 1.29 bits per heavy atom. The molecule has 0 fully saturated rings. The Labute approximate surface area is 134 Å². The molecule has 0 aliphatic heterocycles. The molecule has 126 valence electrons. The Morgan fingerprint density at radius 1 is 0.762 bits per heavy atom. The average molecular weight is 297 g/mol. The predicted octanol–water partition coefficient (Wildman–Crippen LogP) is 6.22. The van der Waals surface area contributed by atoms with Gasteiger partial charge in [0.25, 0.3) is 0 Å². The monoisotopic (exact) mass is 296 g/mol. The van der Waals surface area contributed by atoms with Gasteiger partial charge in [0.2, 0.25) is 0 Å². The topological polar surface area (TPSA) is 20.2 Å². The van der Waals surface area contributed by atoms with Crippen LogP contribution in [0.3, 0.4) is 0 Å². The molecule has 0 aromatic rings. The van der Waals surface area contributed by atoms with Gasteiger partial charge in [0.05, 0.1) is 0 Å². The lowest BCUT2D eigenvalue weighted by atomic mass is 9.73. The lowest BCUT2D eigenvalue weighted by molar-refractivity contribution is 0.0991. The van der Waals surface area contributed by atoms with Crippen LogP contribution in [-0.2, 0) is 0 Å². The molecule has 0 aliphatic carbocycles. The first-order valence-electron chi connectivity index (χ1n) is 8.47. The molecule has 0 amide bonds. The fraction of sp³-hybridized carbons (Fsp3) is 0.900. The van der Waals surface area contributed by atoms with Crippen molar-refractivity contribution in [1.82, 2.24) is 0 Å². The van der Waals surface area contributed by atoms with E-state index in [1.54, 1.807) is 0 Å². The molecule has 1 nitrogen and oxygen atoms in total. The third-order valence-corrected chi connectivity index (χ3v) is 3.93. The second kappa shape index (κ2) is 7.31. The van der Waals surface area contributed by atoms with Crippen molar-refractivity contribution in [3.63, 3.8) is 0 Å². The molecule has 1 N–H and O–H groups in total. The molecule has 0 spiro atoms. The van der Waals surface area contributed by atoms with Gasteiger partial charge in [-0.3, -0.25) is 0 Å². The van der Waals surface area contributed by atoms with Crippen LogP contribution >= 0.6 is 0 Å². The zero-order valence-electron chi connectivity index (χ0n) is 16.1. The van der Waals surface area contributed by atoms with E-state index >= 15 is 0 Å². The number of rotatable bonds is 8. The highest BCUT2D eigenvalue weighted by Crippen LogP contribution is 2.38. The highest BCUT2D eigenvalue weighted by atomic mass is 16.3. The summed E-state index contributed by atoms with van der Waals surface area (Å²) in [6.45, 7) is 20.8. The van der Waals surface area contributed by atoms with Crippen LogP contribution < -0.4 is 0 Å². The summed E-state index contributed by atoms with van der Waals surface area (Å²) >= 11 is 0. The van der Waals surface area contributed by atoms with Crippen LogP contribution in [0.1, 0.15) is 88.0 Å². The SMILES string of the molecule is CC(C)(C)CC(C)(C)C=CCCC(C)(C)CC(C)(C)CO. The molecular weight excluding hydrogens is 256 g/mol. The highest BCUT2D eigenvalue weighted by molar-refractivity contribution is 4.97. The van der Waals surface area contributed by atoms with Gasteiger partial charge < -0.3 is 5.11 Å². The molecular formula is C20H40O. The summed E-state index contributed by atoms with van der Waals surface area (Å²) in [7, 11) is 0.